The van der Waals surface area contributed by atoms with Crippen LogP contribution < -0.4 is 0 Å². The monoisotopic (exact) mass is 319 g/mol. The lowest BCUT2D eigenvalue weighted by Gasteiger charge is -2.42. The lowest BCUT2D eigenvalue weighted by molar-refractivity contribution is -0.195. The van der Waals surface area contributed by atoms with Crippen LogP contribution in [0.4, 0.5) is 0 Å². The molecule has 1 fully saturated rings. The van der Waals surface area contributed by atoms with Gasteiger partial charge < -0.3 is 18.9 Å². The first-order valence-electron chi connectivity index (χ1n) is 6.11. The summed E-state index contributed by atoms with van der Waals surface area (Å²) in [6.07, 6.45) is -2.45. The molecule has 9 nitrogen and oxygen atoms in total. The first-order valence-corrected chi connectivity index (χ1v) is 6.63. The Kier molecular flexibility index (Phi) is 6.76. The predicted octanol–water partition coefficient (Wildman–Crippen LogP) is 0.830. The van der Waals surface area contributed by atoms with Crippen LogP contribution in [0.15, 0.2) is 5.11 Å². The third-order valence-corrected chi connectivity index (χ3v) is 3.26. The Morgan fingerprint density at radius 2 is 2.00 bits per heavy atom. The summed E-state index contributed by atoms with van der Waals surface area (Å²) in [4.78, 5) is 24.9. The highest BCUT2D eigenvalue weighted by Crippen LogP contribution is 2.30. The van der Waals surface area contributed by atoms with Gasteiger partial charge in [-0.3, -0.25) is 9.59 Å². The number of azide groups is 1. The topological polar surface area (TPSA) is 120 Å². The van der Waals surface area contributed by atoms with Gasteiger partial charge in [-0.1, -0.05) is 5.11 Å². The van der Waals surface area contributed by atoms with Gasteiger partial charge in [-0.05, 0) is 5.53 Å². The molecule has 118 valence electrons. The lowest BCUT2D eigenvalue weighted by atomic mass is 9.97. The molecule has 5 atom stereocenters. The summed E-state index contributed by atoms with van der Waals surface area (Å²) in [6, 6.07) is -0.847. The Morgan fingerprint density at radius 1 is 1.33 bits per heavy atom. The second-order valence-corrected chi connectivity index (χ2v) is 4.85. The third-order valence-electron chi connectivity index (χ3n) is 2.84. The fourth-order valence-corrected chi connectivity index (χ4v) is 2.48. The molecule has 1 heterocycles. The first-order chi connectivity index (χ1) is 9.90. The Morgan fingerprint density at radius 3 is 2.48 bits per heavy atom. The van der Waals surface area contributed by atoms with Gasteiger partial charge in [-0.15, -0.1) is 12.6 Å². The van der Waals surface area contributed by atoms with Crippen molar-refractivity contribution in [1.82, 2.24) is 0 Å². The van der Waals surface area contributed by atoms with E-state index in [4.69, 9.17) is 24.5 Å². The van der Waals surface area contributed by atoms with Crippen LogP contribution in [0.1, 0.15) is 13.8 Å². The van der Waals surface area contributed by atoms with Crippen LogP contribution in [0.3, 0.4) is 0 Å². The summed E-state index contributed by atoms with van der Waals surface area (Å²) in [5.41, 5.74) is 7.96. The van der Waals surface area contributed by atoms with Gasteiger partial charge in [0.05, 0.1) is 0 Å². The number of thiol groups is 1. The molecule has 0 aromatic rings. The van der Waals surface area contributed by atoms with E-state index in [1.165, 1.54) is 21.0 Å². The number of esters is 2. The van der Waals surface area contributed by atoms with Gasteiger partial charge in [0.15, 0.2) is 0 Å². The second-order valence-electron chi connectivity index (χ2n) is 4.34. The summed E-state index contributed by atoms with van der Waals surface area (Å²) in [5, 5.41) is 3.61. The Hall–Kier alpha value is -1.48. The van der Waals surface area contributed by atoms with Crippen LogP contribution in [0.5, 0.6) is 0 Å². The van der Waals surface area contributed by atoms with Crippen molar-refractivity contribution in [2.75, 3.05) is 13.7 Å². The number of rotatable bonds is 5. The minimum Gasteiger partial charge on any atom is -0.463 e. The molecule has 0 spiro atoms. The van der Waals surface area contributed by atoms with Gasteiger partial charge in [0.1, 0.15) is 36.4 Å². The van der Waals surface area contributed by atoms with E-state index >= 15 is 0 Å². The Balaban J connectivity index is 3.01. The zero-order chi connectivity index (χ0) is 16.0. The van der Waals surface area contributed by atoms with Crippen molar-refractivity contribution in [2.24, 2.45) is 5.11 Å². The fourth-order valence-electron chi connectivity index (χ4n) is 2.03. The molecule has 0 bridgehead atoms. The molecule has 0 radical (unpaired) electrons. The highest BCUT2D eigenvalue weighted by atomic mass is 32.1. The molecule has 1 rings (SSSR count). The zero-order valence-corrected chi connectivity index (χ0v) is 12.7. The minimum absolute atomic E-state index is 0.155. The normalized spacial score (nSPS) is 31.9. The van der Waals surface area contributed by atoms with Gasteiger partial charge in [-0.2, -0.15) is 0 Å². The quantitative estimate of drug-likeness (QED) is 0.263. The van der Waals surface area contributed by atoms with Crippen LogP contribution >= 0.6 is 12.6 Å². The van der Waals surface area contributed by atoms with Crippen LogP contribution in [0, 0.1) is 0 Å². The van der Waals surface area contributed by atoms with E-state index < -0.39 is 41.7 Å². The summed E-state index contributed by atoms with van der Waals surface area (Å²) < 4.78 is 20.7. The van der Waals surface area contributed by atoms with Crippen molar-refractivity contribution in [3.8, 4) is 0 Å². The number of ether oxygens (including phenoxy) is 4. The van der Waals surface area contributed by atoms with Crippen molar-refractivity contribution in [3.05, 3.63) is 10.4 Å². The van der Waals surface area contributed by atoms with E-state index in [1.807, 2.05) is 0 Å². The van der Waals surface area contributed by atoms with Gasteiger partial charge in [-0.25, -0.2) is 0 Å². The highest BCUT2D eigenvalue weighted by molar-refractivity contribution is 7.80. The predicted molar refractivity (Wildman–Crippen MR) is 73.6 cm³/mol. The Bertz CT molecular complexity index is 442. The number of carbonyl (C=O) groups excluding carboxylic acids is 2. The summed E-state index contributed by atoms with van der Waals surface area (Å²) >= 11 is 4.21. The maximum atomic E-state index is 11.2. The fraction of sp³-hybridized carbons (Fsp3) is 0.818. The maximum Gasteiger partial charge on any atom is 0.303 e. The van der Waals surface area contributed by atoms with Crippen molar-refractivity contribution >= 4 is 24.6 Å². The maximum absolute atomic E-state index is 11.2. The smallest absolute Gasteiger partial charge is 0.303 e. The molecular weight excluding hydrogens is 302 g/mol. The van der Waals surface area contributed by atoms with Crippen LogP contribution in [0.2, 0.25) is 0 Å². The van der Waals surface area contributed by atoms with Crippen molar-refractivity contribution < 1.29 is 28.5 Å². The number of methoxy groups -OCH3 is 1. The summed E-state index contributed by atoms with van der Waals surface area (Å²) in [7, 11) is 1.40. The minimum atomic E-state index is -0.939. The second kappa shape index (κ2) is 8.08. The Labute approximate surface area is 126 Å². The highest BCUT2D eigenvalue weighted by Gasteiger charge is 2.47. The molecule has 0 saturated carbocycles. The largest absolute Gasteiger partial charge is 0.463 e. The van der Waals surface area contributed by atoms with Crippen molar-refractivity contribution in [1.29, 1.82) is 0 Å². The van der Waals surface area contributed by atoms with Crippen LogP contribution in [-0.4, -0.2) is 55.4 Å². The van der Waals surface area contributed by atoms with E-state index in [-0.39, 0.29) is 6.61 Å². The molecular formula is C11H17N3O6S. The van der Waals surface area contributed by atoms with E-state index in [0.29, 0.717) is 0 Å². The van der Waals surface area contributed by atoms with Gasteiger partial charge in [0.25, 0.3) is 0 Å². The van der Waals surface area contributed by atoms with Crippen molar-refractivity contribution in [3.63, 3.8) is 0 Å². The SMILES string of the molecule is CO[C@H]1C(N=[N+]=[N-])[C@@H](OC(C)=O)C(COC(C)=O)O[C@@H]1S. The van der Waals surface area contributed by atoms with Gasteiger partial charge >= 0.3 is 11.9 Å². The van der Waals surface area contributed by atoms with E-state index in [0.717, 1.165) is 0 Å². The van der Waals surface area contributed by atoms with Crippen LogP contribution in [-0.2, 0) is 28.5 Å². The third kappa shape index (κ3) is 4.78. The van der Waals surface area contributed by atoms with Crippen LogP contribution in [0.25, 0.3) is 10.4 Å². The molecule has 21 heavy (non-hydrogen) atoms. The molecule has 2 unspecified atom stereocenters. The molecule has 0 N–H and O–H groups in total. The van der Waals surface area contributed by atoms with Gasteiger partial charge in [0, 0.05) is 25.9 Å². The number of nitrogens with zero attached hydrogens (tertiary/aromatic N) is 3. The first kappa shape index (κ1) is 17.6. The van der Waals surface area contributed by atoms with Crippen molar-refractivity contribution in [2.45, 2.75) is 43.6 Å². The molecule has 0 aromatic heterocycles. The lowest BCUT2D eigenvalue weighted by Crippen LogP contribution is -2.58. The molecule has 1 aliphatic rings. The molecule has 1 saturated heterocycles. The number of hydrogen-bond donors (Lipinski definition) is 1. The average Bonchev–Trinajstić information content (AvgIpc) is 2.39. The molecule has 0 aromatic carbocycles. The molecule has 0 amide bonds. The van der Waals surface area contributed by atoms with E-state index in [1.54, 1.807) is 0 Å². The number of hydrogen-bond acceptors (Lipinski definition) is 8. The van der Waals surface area contributed by atoms with Gasteiger partial charge in [0.2, 0.25) is 0 Å². The summed E-state index contributed by atoms with van der Waals surface area (Å²) in [5.74, 6) is -1.09. The van der Waals surface area contributed by atoms with E-state index in [9.17, 15) is 9.59 Å². The summed E-state index contributed by atoms with van der Waals surface area (Å²) in [6.45, 7) is 2.30. The standard InChI is InChI=1S/C11H17N3O6S/c1-5(15)18-4-7-9(19-6(2)16)8(13-14-12)10(17-3)11(21)20-7/h7-11,21H,4H2,1-3H3/t7?,8?,9-,10-,11+/m0/s1. The molecule has 10 heteroatoms. The molecule has 0 aliphatic carbocycles. The zero-order valence-electron chi connectivity index (χ0n) is 11.8. The average molecular weight is 319 g/mol. The molecule has 1 aliphatic heterocycles. The number of carbonyl (C=O) groups is 2. The van der Waals surface area contributed by atoms with E-state index in [2.05, 4.69) is 22.7 Å².